The zero-order valence-electron chi connectivity index (χ0n) is 10.9. The lowest BCUT2D eigenvalue weighted by molar-refractivity contribution is 0.0953. The predicted molar refractivity (Wildman–Crippen MR) is 79.1 cm³/mol. The Morgan fingerprint density at radius 1 is 1.28 bits per heavy atom. The Morgan fingerprint density at radius 3 is 2.61 bits per heavy atom. The molecule has 0 aliphatic heterocycles. The molecule has 0 spiro atoms. The van der Waals surface area contributed by atoms with Gasteiger partial charge < -0.3 is 11.1 Å². The van der Waals surface area contributed by atoms with Crippen molar-refractivity contribution in [3.8, 4) is 0 Å². The van der Waals surface area contributed by atoms with Gasteiger partial charge >= 0.3 is 0 Å². The van der Waals surface area contributed by atoms with E-state index in [0.29, 0.717) is 6.54 Å². The van der Waals surface area contributed by atoms with E-state index in [-0.39, 0.29) is 5.91 Å². The first-order chi connectivity index (χ1) is 8.77. The quantitative estimate of drug-likeness (QED) is 0.708. The first-order valence-corrected chi connectivity index (χ1v) is 7.73. The fourth-order valence-electron chi connectivity index (χ4n) is 1.66. The third-order valence-electron chi connectivity index (χ3n) is 2.71. The number of nitrogens with two attached hydrogens (primary N) is 1. The molecule has 4 heteroatoms. The summed E-state index contributed by atoms with van der Waals surface area (Å²) < 4.78 is 0. The monoisotopic (exact) mass is 266 g/mol. The first-order valence-electron chi connectivity index (χ1n) is 6.34. The fourth-order valence-corrected chi connectivity index (χ4v) is 2.16. The number of carbonyl (C=O) groups is 1. The lowest BCUT2D eigenvalue weighted by Crippen LogP contribution is -2.24. The van der Waals surface area contributed by atoms with Crippen LogP contribution in [0.3, 0.4) is 0 Å². The van der Waals surface area contributed by atoms with E-state index in [2.05, 4.69) is 11.6 Å². The molecule has 1 rings (SSSR count). The van der Waals surface area contributed by atoms with Crippen LogP contribution in [0.15, 0.2) is 24.3 Å². The molecule has 0 saturated heterocycles. The maximum atomic E-state index is 11.8. The van der Waals surface area contributed by atoms with E-state index in [4.69, 9.17) is 5.73 Å². The van der Waals surface area contributed by atoms with E-state index in [1.54, 1.807) is 0 Å². The summed E-state index contributed by atoms with van der Waals surface area (Å²) in [4.78, 5) is 11.8. The average Bonchev–Trinajstić information content (AvgIpc) is 2.39. The van der Waals surface area contributed by atoms with Crippen molar-refractivity contribution in [2.45, 2.75) is 19.3 Å². The van der Waals surface area contributed by atoms with Crippen molar-refractivity contribution in [1.82, 2.24) is 5.32 Å². The Bertz CT molecular complexity index is 351. The van der Waals surface area contributed by atoms with Gasteiger partial charge in [0.05, 0.1) is 0 Å². The molecule has 0 aliphatic rings. The third kappa shape index (κ3) is 5.56. The SMILES string of the molecule is CSCCCCNC(=O)c1ccc(CCN)cc1. The van der Waals surface area contributed by atoms with Crippen molar-refractivity contribution in [3.63, 3.8) is 0 Å². The molecule has 100 valence electrons. The van der Waals surface area contributed by atoms with Crippen LogP contribution in [0.5, 0.6) is 0 Å². The number of hydrogen-bond donors (Lipinski definition) is 2. The number of hydrogen-bond acceptors (Lipinski definition) is 3. The van der Waals surface area contributed by atoms with Gasteiger partial charge in [-0.2, -0.15) is 11.8 Å². The predicted octanol–water partition coefficient (Wildman–Crippen LogP) is 2.06. The van der Waals surface area contributed by atoms with Gasteiger partial charge in [-0.1, -0.05) is 12.1 Å². The molecule has 1 aromatic rings. The number of carbonyl (C=O) groups excluding carboxylic acids is 1. The summed E-state index contributed by atoms with van der Waals surface area (Å²) in [5, 5.41) is 2.94. The van der Waals surface area contributed by atoms with E-state index >= 15 is 0 Å². The van der Waals surface area contributed by atoms with Gasteiger partial charge in [0.25, 0.3) is 5.91 Å². The summed E-state index contributed by atoms with van der Waals surface area (Å²) in [6.07, 6.45) is 5.15. The standard InChI is InChI=1S/C14H22N2OS/c1-18-11-3-2-10-16-14(17)13-6-4-12(5-7-13)8-9-15/h4-7H,2-3,8-11,15H2,1H3,(H,16,17). The molecule has 0 aromatic heterocycles. The van der Waals surface area contributed by atoms with Crippen LogP contribution in [0.2, 0.25) is 0 Å². The van der Waals surface area contributed by atoms with Crippen LogP contribution < -0.4 is 11.1 Å². The van der Waals surface area contributed by atoms with Gasteiger partial charge in [0, 0.05) is 12.1 Å². The van der Waals surface area contributed by atoms with E-state index in [9.17, 15) is 4.79 Å². The lowest BCUT2D eigenvalue weighted by atomic mass is 10.1. The molecule has 0 bridgehead atoms. The molecule has 0 atom stereocenters. The van der Waals surface area contributed by atoms with Crippen LogP contribution in [0, 0.1) is 0 Å². The average molecular weight is 266 g/mol. The van der Waals surface area contributed by atoms with Gasteiger partial charge in [0.15, 0.2) is 0 Å². The highest BCUT2D eigenvalue weighted by Crippen LogP contribution is 2.05. The van der Waals surface area contributed by atoms with Crippen molar-refractivity contribution >= 4 is 17.7 Å². The summed E-state index contributed by atoms with van der Waals surface area (Å²) in [5.41, 5.74) is 7.38. The van der Waals surface area contributed by atoms with Gasteiger partial charge in [-0.15, -0.1) is 0 Å². The Labute approximate surface area is 114 Å². The Balaban J connectivity index is 2.32. The molecule has 0 fully saturated rings. The van der Waals surface area contributed by atoms with Gasteiger partial charge in [-0.3, -0.25) is 4.79 Å². The fraction of sp³-hybridized carbons (Fsp3) is 0.500. The maximum Gasteiger partial charge on any atom is 0.251 e. The van der Waals surface area contributed by atoms with Gasteiger partial charge in [0.1, 0.15) is 0 Å². The topological polar surface area (TPSA) is 55.1 Å². The van der Waals surface area contributed by atoms with Crippen LogP contribution in [-0.4, -0.2) is 31.0 Å². The highest BCUT2D eigenvalue weighted by molar-refractivity contribution is 7.98. The van der Waals surface area contributed by atoms with E-state index in [1.807, 2.05) is 36.0 Å². The van der Waals surface area contributed by atoms with Gasteiger partial charge in [-0.05, 0) is 55.5 Å². The second kappa shape index (κ2) is 9.00. The van der Waals surface area contributed by atoms with Crippen LogP contribution in [-0.2, 0) is 6.42 Å². The van der Waals surface area contributed by atoms with Crippen LogP contribution in [0.1, 0.15) is 28.8 Å². The largest absolute Gasteiger partial charge is 0.352 e. The molecular weight excluding hydrogens is 244 g/mol. The summed E-state index contributed by atoms with van der Waals surface area (Å²) in [6, 6.07) is 7.66. The number of nitrogens with one attached hydrogen (secondary N) is 1. The van der Waals surface area contributed by atoms with Crippen molar-refractivity contribution < 1.29 is 4.79 Å². The van der Waals surface area contributed by atoms with E-state index in [0.717, 1.165) is 37.1 Å². The number of unbranched alkanes of at least 4 members (excludes halogenated alkanes) is 1. The van der Waals surface area contributed by atoms with E-state index in [1.165, 1.54) is 5.56 Å². The zero-order valence-corrected chi connectivity index (χ0v) is 11.8. The minimum atomic E-state index is 0.0125. The van der Waals surface area contributed by atoms with Crippen molar-refractivity contribution in [1.29, 1.82) is 0 Å². The van der Waals surface area contributed by atoms with Gasteiger partial charge in [0.2, 0.25) is 0 Å². The minimum Gasteiger partial charge on any atom is -0.352 e. The minimum absolute atomic E-state index is 0.0125. The summed E-state index contributed by atoms with van der Waals surface area (Å²) in [6.45, 7) is 1.39. The molecule has 0 unspecified atom stereocenters. The van der Waals surface area contributed by atoms with Crippen LogP contribution in [0.4, 0.5) is 0 Å². The second-order valence-electron chi connectivity index (χ2n) is 4.19. The highest BCUT2D eigenvalue weighted by atomic mass is 32.2. The number of thioether (sulfide) groups is 1. The third-order valence-corrected chi connectivity index (χ3v) is 3.41. The molecule has 3 nitrogen and oxygen atoms in total. The highest BCUT2D eigenvalue weighted by Gasteiger charge is 2.04. The summed E-state index contributed by atoms with van der Waals surface area (Å²) in [7, 11) is 0. The Hall–Kier alpha value is -1.00. The molecule has 0 radical (unpaired) electrons. The molecule has 0 aliphatic carbocycles. The molecule has 1 aromatic carbocycles. The van der Waals surface area contributed by atoms with Crippen molar-refractivity contribution in [2.75, 3.05) is 25.1 Å². The normalized spacial score (nSPS) is 10.3. The second-order valence-corrected chi connectivity index (χ2v) is 5.18. The van der Waals surface area contributed by atoms with Crippen LogP contribution in [0.25, 0.3) is 0 Å². The van der Waals surface area contributed by atoms with Crippen molar-refractivity contribution in [3.05, 3.63) is 35.4 Å². The number of rotatable bonds is 8. The maximum absolute atomic E-state index is 11.8. The smallest absolute Gasteiger partial charge is 0.251 e. The summed E-state index contributed by atoms with van der Waals surface area (Å²) in [5.74, 6) is 1.17. The van der Waals surface area contributed by atoms with Crippen LogP contribution >= 0.6 is 11.8 Å². The first kappa shape index (κ1) is 15.1. The Morgan fingerprint density at radius 2 is 2.00 bits per heavy atom. The molecule has 3 N–H and O–H groups in total. The molecule has 1 amide bonds. The molecular formula is C14H22N2OS. The molecule has 0 saturated carbocycles. The van der Waals surface area contributed by atoms with Crippen molar-refractivity contribution in [2.24, 2.45) is 5.73 Å². The lowest BCUT2D eigenvalue weighted by Gasteiger charge is -2.06. The number of amides is 1. The summed E-state index contributed by atoms with van der Waals surface area (Å²) >= 11 is 1.84. The van der Waals surface area contributed by atoms with E-state index < -0.39 is 0 Å². The van der Waals surface area contributed by atoms with Gasteiger partial charge in [-0.25, -0.2) is 0 Å². The zero-order chi connectivity index (χ0) is 13.2. The molecule has 18 heavy (non-hydrogen) atoms. The molecule has 0 heterocycles. The number of benzene rings is 1. The Kier molecular flexibility index (Phi) is 7.53.